The highest BCUT2D eigenvalue weighted by Gasteiger charge is 2.18. The first-order valence-corrected chi connectivity index (χ1v) is 9.59. The fourth-order valence-corrected chi connectivity index (χ4v) is 3.36. The van der Waals surface area contributed by atoms with Crippen LogP contribution in [0.3, 0.4) is 0 Å². The van der Waals surface area contributed by atoms with Crippen molar-refractivity contribution in [2.75, 3.05) is 18.4 Å². The van der Waals surface area contributed by atoms with Crippen LogP contribution in [0.25, 0.3) is 5.82 Å². The summed E-state index contributed by atoms with van der Waals surface area (Å²) in [6, 6.07) is 5.32. The Hall–Kier alpha value is -2.79. The second kappa shape index (κ2) is 7.62. The van der Waals surface area contributed by atoms with Gasteiger partial charge in [-0.1, -0.05) is 0 Å². The molecule has 11 heteroatoms. The van der Waals surface area contributed by atoms with Crippen LogP contribution >= 0.6 is 0 Å². The van der Waals surface area contributed by atoms with Crippen LogP contribution in [-0.2, 0) is 16.6 Å². The van der Waals surface area contributed by atoms with Crippen LogP contribution in [0.2, 0.25) is 0 Å². The van der Waals surface area contributed by atoms with E-state index < -0.39 is 10.0 Å². The minimum Gasteiger partial charge on any atom is -0.367 e. The molecule has 0 fully saturated rings. The monoisotopic (exact) mass is 376 g/mol. The van der Waals surface area contributed by atoms with Gasteiger partial charge in [0.05, 0.1) is 0 Å². The highest BCUT2D eigenvalue weighted by molar-refractivity contribution is 7.89. The number of hydrogen-bond acceptors (Lipinski definition) is 7. The summed E-state index contributed by atoms with van der Waals surface area (Å²) in [5.74, 6) is 1.81. The lowest BCUT2D eigenvalue weighted by Gasteiger charge is -2.07. The number of anilines is 1. The Bertz CT molecular complexity index is 948. The molecule has 3 rings (SSSR count). The standard InChI is InChI=1S/C15H20N8O2S/c1-3-22-11-15(19-12(22)2)26(24,25)18-9-8-16-13-5-6-14(21-20-13)23-10-4-7-17-23/h4-7,10-11,18H,3,8-9H2,1-2H3,(H,16,20). The van der Waals surface area contributed by atoms with E-state index in [0.29, 0.717) is 30.5 Å². The summed E-state index contributed by atoms with van der Waals surface area (Å²) in [6.45, 7) is 4.94. The van der Waals surface area contributed by atoms with E-state index in [1.54, 1.807) is 46.8 Å². The topological polar surface area (TPSA) is 120 Å². The van der Waals surface area contributed by atoms with Crippen LogP contribution in [0.1, 0.15) is 12.7 Å². The zero-order valence-electron chi connectivity index (χ0n) is 14.5. The van der Waals surface area contributed by atoms with Crippen LogP contribution in [-0.4, -0.2) is 51.0 Å². The van der Waals surface area contributed by atoms with Gasteiger partial charge in [-0.15, -0.1) is 10.2 Å². The molecular formula is C15H20N8O2S. The van der Waals surface area contributed by atoms with E-state index in [1.807, 2.05) is 6.92 Å². The Balaban J connectivity index is 1.51. The van der Waals surface area contributed by atoms with E-state index in [2.05, 4.69) is 30.3 Å². The second-order valence-corrected chi connectivity index (χ2v) is 7.18. The molecule has 0 aliphatic carbocycles. The van der Waals surface area contributed by atoms with Gasteiger partial charge in [0.15, 0.2) is 10.8 Å². The van der Waals surface area contributed by atoms with Crippen molar-refractivity contribution < 1.29 is 8.42 Å². The van der Waals surface area contributed by atoms with Gasteiger partial charge in [0.25, 0.3) is 10.0 Å². The van der Waals surface area contributed by atoms with Gasteiger partial charge in [0.2, 0.25) is 0 Å². The molecule has 0 aliphatic heterocycles. The molecule has 3 aromatic heterocycles. The fourth-order valence-electron chi connectivity index (χ4n) is 2.32. The summed E-state index contributed by atoms with van der Waals surface area (Å²) in [6.07, 6.45) is 4.96. The smallest absolute Gasteiger partial charge is 0.259 e. The molecule has 0 spiro atoms. The zero-order valence-corrected chi connectivity index (χ0v) is 15.3. The van der Waals surface area contributed by atoms with Crippen molar-refractivity contribution in [1.82, 2.24) is 34.3 Å². The van der Waals surface area contributed by atoms with Crippen molar-refractivity contribution in [3.8, 4) is 5.82 Å². The highest BCUT2D eigenvalue weighted by atomic mass is 32.2. The molecule has 0 saturated carbocycles. The van der Waals surface area contributed by atoms with Gasteiger partial charge in [-0.3, -0.25) is 0 Å². The van der Waals surface area contributed by atoms with Crippen LogP contribution < -0.4 is 10.0 Å². The molecule has 0 aliphatic rings. The van der Waals surface area contributed by atoms with Crippen molar-refractivity contribution in [1.29, 1.82) is 0 Å². The predicted molar refractivity (Wildman–Crippen MR) is 95.5 cm³/mol. The number of rotatable bonds is 8. The molecule has 10 nitrogen and oxygen atoms in total. The van der Waals surface area contributed by atoms with Gasteiger partial charge in [-0.2, -0.15) is 5.10 Å². The van der Waals surface area contributed by atoms with Crippen molar-refractivity contribution in [3.05, 3.63) is 42.6 Å². The summed E-state index contributed by atoms with van der Waals surface area (Å²) in [7, 11) is -3.63. The normalized spacial score (nSPS) is 11.6. The van der Waals surface area contributed by atoms with Crippen LogP contribution in [0.15, 0.2) is 41.8 Å². The highest BCUT2D eigenvalue weighted by Crippen LogP contribution is 2.09. The molecule has 0 atom stereocenters. The Labute approximate surface area is 151 Å². The number of nitrogens with zero attached hydrogens (tertiary/aromatic N) is 6. The van der Waals surface area contributed by atoms with Crippen molar-refractivity contribution >= 4 is 15.8 Å². The lowest BCUT2D eigenvalue weighted by molar-refractivity contribution is 0.579. The quantitative estimate of drug-likeness (QED) is 0.552. The average molecular weight is 376 g/mol. The third kappa shape index (κ3) is 4.06. The molecule has 0 saturated heterocycles. The maximum absolute atomic E-state index is 12.2. The Morgan fingerprint density at radius 1 is 1.19 bits per heavy atom. The minimum atomic E-state index is -3.63. The maximum atomic E-state index is 12.2. The first-order valence-electron chi connectivity index (χ1n) is 8.10. The van der Waals surface area contributed by atoms with E-state index >= 15 is 0 Å². The Morgan fingerprint density at radius 3 is 2.65 bits per heavy atom. The molecule has 0 amide bonds. The molecule has 0 bridgehead atoms. The largest absolute Gasteiger partial charge is 0.367 e. The molecule has 0 radical (unpaired) electrons. The summed E-state index contributed by atoms with van der Waals surface area (Å²) in [5.41, 5.74) is 0. The molecule has 0 aromatic carbocycles. The number of imidazole rings is 1. The molecule has 2 N–H and O–H groups in total. The zero-order chi connectivity index (χ0) is 18.6. The lowest BCUT2D eigenvalue weighted by atomic mass is 10.5. The Kier molecular flexibility index (Phi) is 5.28. The lowest BCUT2D eigenvalue weighted by Crippen LogP contribution is -2.29. The molecule has 0 unspecified atom stereocenters. The van der Waals surface area contributed by atoms with E-state index in [9.17, 15) is 8.42 Å². The SMILES string of the molecule is CCn1cc(S(=O)(=O)NCCNc2ccc(-n3cccn3)nn2)nc1C. The van der Waals surface area contributed by atoms with Crippen molar-refractivity contribution in [3.63, 3.8) is 0 Å². The first-order chi connectivity index (χ1) is 12.5. The average Bonchev–Trinajstić information content (AvgIpc) is 3.29. The van der Waals surface area contributed by atoms with Crippen molar-refractivity contribution in [2.45, 2.75) is 25.4 Å². The number of aryl methyl sites for hydroxylation is 2. The second-order valence-electron chi connectivity index (χ2n) is 5.46. The van der Waals surface area contributed by atoms with Gasteiger partial charge in [0.1, 0.15) is 11.6 Å². The van der Waals surface area contributed by atoms with Gasteiger partial charge < -0.3 is 9.88 Å². The molecule has 3 heterocycles. The van der Waals surface area contributed by atoms with Crippen molar-refractivity contribution in [2.24, 2.45) is 0 Å². The maximum Gasteiger partial charge on any atom is 0.259 e. The van der Waals surface area contributed by atoms with Gasteiger partial charge >= 0.3 is 0 Å². The van der Waals surface area contributed by atoms with E-state index in [4.69, 9.17) is 0 Å². The van der Waals surface area contributed by atoms with E-state index in [-0.39, 0.29) is 11.6 Å². The van der Waals surface area contributed by atoms with Gasteiger partial charge in [0, 0.05) is 38.2 Å². The van der Waals surface area contributed by atoms with E-state index in [1.165, 1.54) is 6.20 Å². The minimum absolute atomic E-state index is 0.0280. The number of sulfonamides is 1. The van der Waals surface area contributed by atoms with Crippen LogP contribution in [0.5, 0.6) is 0 Å². The summed E-state index contributed by atoms with van der Waals surface area (Å²) < 4.78 is 30.4. The number of aromatic nitrogens is 6. The molecular weight excluding hydrogens is 356 g/mol. The third-order valence-electron chi connectivity index (χ3n) is 3.68. The molecule has 26 heavy (non-hydrogen) atoms. The van der Waals surface area contributed by atoms with Crippen LogP contribution in [0.4, 0.5) is 5.82 Å². The predicted octanol–water partition coefficient (Wildman–Crippen LogP) is 0.578. The Morgan fingerprint density at radius 2 is 2.04 bits per heavy atom. The van der Waals surface area contributed by atoms with Gasteiger partial charge in [-0.25, -0.2) is 22.8 Å². The van der Waals surface area contributed by atoms with E-state index in [0.717, 1.165) is 0 Å². The summed E-state index contributed by atoms with van der Waals surface area (Å²) in [5, 5.41) is 15.2. The number of nitrogens with one attached hydrogen (secondary N) is 2. The van der Waals surface area contributed by atoms with Crippen LogP contribution in [0, 0.1) is 6.92 Å². The summed E-state index contributed by atoms with van der Waals surface area (Å²) >= 11 is 0. The molecule has 138 valence electrons. The third-order valence-corrected chi connectivity index (χ3v) is 5.01. The molecule has 3 aromatic rings. The fraction of sp³-hybridized carbons (Fsp3) is 0.333. The number of hydrogen-bond donors (Lipinski definition) is 2. The summed E-state index contributed by atoms with van der Waals surface area (Å²) in [4.78, 5) is 4.09. The first kappa shape index (κ1) is 18.0. The van der Waals surface area contributed by atoms with Gasteiger partial charge in [-0.05, 0) is 32.0 Å².